The number of likely N-dealkylation sites (tertiary alicyclic amines) is 1. The van der Waals surface area contributed by atoms with Crippen molar-refractivity contribution in [3.05, 3.63) is 33.8 Å². The number of piperidine rings is 1. The van der Waals surface area contributed by atoms with Crippen LogP contribution in [0.3, 0.4) is 0 Å². The van der Waals surface area contributed by atoms with Crippen LogP contribution in [0.2, 0.25) is 0 Å². The molecule has 5 heteroatoms. The van der Waals surface area contributed by atoms with Crippen LogP contribution in [0, 0.1) is 5.92 Å². The van der Waals surface area contributed by atoms with E-state index in [2.05, 4.69) is 22.9 Å². The summed E-state index contributed by atoms with van der Waals surface area (Å²) in [6.07, 6.45) is -0.486. The minimum atomic E-state index is -2.58. The molecule has 0 spiro atoms. The Morgan fingerprint density at radius 3 is 2.84 bits per heavy atom. The summed E-state index contributed by atoms with van der Waals surface area (Å²) in [7, 11) is 0. The van der Waals surface area contributed by atoms with Gasteiger partial charge in [0.2, 0.25) is 0 Å². The van der Waals surface area contributed by atoms with Crippen molar-refractivity contribution < 1.29 is 13.6 Å². The number of halogens is 3. The number of hydrogen-bond donors (Lipinski definition) is 0. The summed E-state index contributed by atoms with van der Waals surface area (Å²) < 4.78 is 26.0. The molecule has 2 rings (SSSR count). The zero-order chi connectivity index (χ0) is 14.0. The highest BCUT2D eigenvalue weighted by Gasteiger charge is 2.23. The van der Waals surface area contributed by atoms with Gasteiger partial charge in [-0.3, -0.25) is 4.79 Å². The number of carbonyl (C=O) groups is 1. The van der Waals surface area contributed by atoms with Gasteiger partial charge in [-0.1, -0.05) is 22.9 Å². The molecular formula is C14H16BrF2NO. The molecule has 1 aromatic carbocycles. The third-order valence-corrected chi connectivity index (χ3v) is 4.14. The molecule has 19 heavy (non-hydrogen) atoms. The maximum Gasteiger partial charge on any atom is 0.264 e. The smallest absolute Gasteiger partial charge is 0.264 e. The molecule has 0 aromatic heterocycles. The van der Waals surface area contributed by atoms with Gasteiger partial charge in [0.1, 0.15) is 0 Å². The van der Waals surface area contributed by atoms with Crippen LogP contribution in [-0.4, -0.2) is 23.9 Å². The van der Waals surface area contributed by atoms with Crippen LogP contribution in [0.25, 0.3) is 0 Å². The minimum absolute atomic E-state index is 0.129. The molecule has 1 atom stereocenters. The van der Waals surface area contributed by atoms with Crippen molar-refractivity contribution in [3.8, 4) is 0 Å². The zero-order valence-electron chi connectivity index (χ0n) is 10.7. The van der Waals surface area contributed by atoms with Crippen molar-refractivity contribution in [3.63, 3.8) is 0 Å². The molecule has 1 aliphatic heterocycles. The van der Waals surface area contributed by atoms with Crippen LogP contribution in [-0.2, 0) is 0 Å². The first kappa shape index (κ1) is 14.4. The molecular weight excluding hydrogens is 316 g/mol. The number of rotatable bonds is 2. The summed E-state index contributed by atoms with van der Waals surface area (Å²) >= 11 is 3.08. The van der Waals surface area contributed by atoms with Crippen LogP contribution in [0.1, 0.15) is 42.1 Å². The number of alkyl halides is 2. The summed E-state index contributed by atoms with van der Waals surface area (Å²) in [5.74, 6) is 0.323. The standard InChI is InChI=1S/C14H16BrF2NO/c1-9-3-2-6-18(8-9)14(19)10-4-5-12(15)11(7-10)13(16)17/h4-5,7,9,13H,2-3,6,8H2,1H3. The molecule has 1 aromatic rings. The molecule has 0 radical (unpaired) electrons. The van der Waals surface area contributed by atoms with E-state index in [1.807, 2.05) is 0 Å². The lowest BCUT2D eigenvalue weighted by atomic mass is 9.99. The Morgan fingerprint density at radius 1 is 1.47 bits per heavy atom. The fourth-order valence-electron chi connectivity index (χ4n) is 2.40. The highest BCUT2D eigenvalue weighted by molar-refractivity contribution is 9.10. The lowest BCUT2D eigenvalue weighted by Gasteiger charge is -2.31. The van der Waals surface area contributed by atoms with Crippen molar-refractivity contribution in [2.45, 2.75) is 26.2 Å². The van der Waals surface area contributed by atoms with E-state index in [4.69, 9.17) is 0 Å². The summed E-state index contributed by atoms with van der Waals surface area (Å²) in [6, 6.07) is 4.40. The van der Waals surface area contributed by atoms with Gasteiger partial charge in [-0.05, 0) is 37.0 Å². The summed E-state index contributed by atoms with van der Waals surface area (Å²) in [5.41, 5.74) is 0.212. The minimum Gasteiger partial charge on any atom is -0.338 e. The second kappa shape index (κ2) is 5.99. The van der Waals surface area contributed by atoms with Crippen LogP contribution in [0.4, 0.5) is 8.78 Å². The molecule has 1 fully saturated rings. The SMILES string of the molecule is CC1CCCN(C(=O)c2ccc(Br)c(C(F)F)c2)C1. The Bertz CT molecular complexity index is 479. The molecule has 0 saturated carbocycles. The van der Waals surface area contributed by atoms with Crippen LogP contribution in [0.5, 0.6) is 0 Å². The Hall–Kier alpha value is -0.970. The predicted octanol–water partition coefficient (Wildman–Crippen LogP) is 4.26. The number of nitrogens with zero attached hydrogens (tertiary/aromatic N) is 1. The van der Waals surface area contributed by atoms with Gasteiger partial charge in [-0.15, -0.1) is 0 Å². The van der Waals surface area contributed by atoms with E-state index in [0.29, 0.717) is 29.0 Å². The third-order valence-electron chi connectivity index (χ3n) is 3.42. The summed E-state index contributed by atoms with van der Waals surface area (Å²) in [4.78, 5) is 14.1. The van der Waals surface area contributed by atoms with Crippen LogP contribution >= 0.6 is 15.9 Å². The van der Waals surface area contributed by atoms with Crippen LogP contribution in [0.15, 0.2) is 22.7 Å². The molecule has 1 heterocycles. The van der Waals surface area contributed by atoms with Gasteiger partial charge < -0.3 is 4.90 Å². The van der Waals surface area contributed by atoms with Gasteiger partial charge in [0.05, 0.1) is 0 Å². The quantitative estimate of drug-likeness (QED) is 0.792. The highest BCUT2D eigenvalue weighted by Crippen LogP contribution is 2.29. The molecule has 0 bridgehead atoms. The number of benzene rings is 1. The molecule has 1 unspecified atom stereocenters. The molecule has 0 N–H and O–H groups in total. The van der Waals surface area contributed by atoms with Gasteiger partial charge in [0, 0.05) is 28.7 Å². The number of carbonyl (C=O) groups excluding carboxylic acids is 1. The van der Waals surface area contributed by atoms with E-state index >= 15 is 0 Å². The average molecular weight is 332 g/mol. The van der Waals surface area contributed by atoms with Crippen LogP contribution < -0.4 is 0 Å². The van der Waals surface area contributed by atoms with Crippen molar-refractivity contribution in [1.29, 1.82) is 0 Å². The number of hydrogen-bond acceptors (Lipinski definition) is 1. The largest absolute Gasteiger partial charge is 0.338 e. The Morgan fingerprint density at radius 2 is 2.21 bits per heavy atom. The van der Waals surface area contributed by atoms with Crippen molar-refractivity contribution in [1.82, 2.24) is 4.90 Å². The van der Waals surface area contributed by atoms with Gasteiger partial charge in [0.25, 0.3) is 12.3 Å². The Balaban J connectivity index is 2.21. The van der Waals surface area contributed by atoms with Gasteiger partial charge in [-0.25, -0.2) is 8.78 Å². The van der Waals surface area contributed by atoms with Gasteiger partial charge >= 0.3 is 0 Å². The summed E-state index contributed by atoms with van der Waals surface area (Å²) in [6.45, 7) is 3.52. The zero-order valence-corrected chi connectivity index (χ0v) is 12.3. The lowest BCUT2D eigenvalue weighted by Crippen LogP contribution is -2.39. The van der Waals surface area contributed by atoms with E-state index < -0.39 is 6.43 Å². The fourth-order valence-corrected chi connectivity index (χ4v) is 2.82. The monoisotopic (exact) mass is 331 g/mol. The molecule has 2 nitrogen and oxygen atoms in total. The van der Waals surface area contributed by atoms with E-state index in [9.17, 15) is 13.6 Å². The molecule has 1 aliphatic rings. The van der Waals surface area contributed by atoms with Gasteiger partial charge in [-0.2, -0.15) is 0 Å². The molecule has 104 valence electrons. The first-order valence-electron chi connectivity index (χ1n) is 6.36. The first-order valence-corrected chi connectivity index (χ1v) is 7.15. The topological polar surface area (TPSA) is 20.3 Å². The maximum atomic E-state index is 12.8. The van der Waals surface area contributed by atoms with E-state index in [1.165, 1.54) is 12.1 Å². The fraction of sp³-hybridized carbons (Fsp3) is 0.500. The van der Waals surface area contributed by atoms with Crippen molar-refractivity contribution in [2.24, 2.45) is 5.92 Å². The second-order valence-electron chi connectivity index (χ2n) is 5.04. The van der Waals surface area contributed by atoms with Crippen molar-refractivity contribution in [2.75, 3.05) is 13.1 Å². The normalized spacial score (nSPS) is 19.8. The van der Waals surface area contributed by atoms with Crippen molar-refractivity contribution >= 4 is 21.8 Å². The second-order valence-corrected chi connectivity index (χ2v) is 5.89. The summed E-state index contributed by atoms with van der Waals surface area (Å²) in [5, 5.41) is 0. The van der Waals surface area contributed by atoms with E-state index in [0.717, 1.165) is 12.8 Å². The molecule has 1 saturated heterocycles. The Labute approximate surface area is 119 Å². The van der Waals surface area contributed by atoms with E-state index in [-0.39, 0.29) is 11.5 Å². The highest BCUT2D eigenvalue weighted by atomic mass is 79.9. The first-order chi connectivity index (χ1) is 8.99. The van der Waals surface area contributed by atoms with E-state index in [1.54, 1.807) is 11.0 Å². The maximum absolute atomic E-state index is 12.8. The average Bonchev–Trinajstić information content (AvgIpc) is 2.38. The van der Waals surface area contributed by atoms with Gasteiger partial charge in [0.15, 0.2) is 0 Å². The molecule has 1 amide bonds. The molecule has 0 aliphatic carbocycles. The number of amides is 1. The Kier molecular flexibility index (Phi) is 4.55. The third kappa shape index (κ3) is 3.32. The predicted molar refractivity (Wildman–Crippen MR) is 73.4 cm³/mol. The lowest BCUT2D eigenvalue weighted by molar-refractivity contribution is 0.0682.